The molecule has 1 aliphatic heterocycles. The average Bonchev–Trinajstić information content (AvgIpc) is 2.62. The average molecular weight is 371 g/mol. The van der Waals surface area contributed by atoms with Gasteiger partial charge in [-0.2, -0.15) is 17.5 Å². The molecule has 0 atom stereocenters. The minimum absolute atomic E-state index is 0.234. The van der Waals surface area contributed by atoms with E-state index in [2.05, 4.69) is 0 Å². The number of piperazine rings is 1. The summed E-state index contributed by atoms with van der Waals surface area (Å²) in [6, 6.07) is 13.4. The number of hydrogen-bond acceptors (Lipinski definition) is 2. The molecule has 25 heavy (non-hydrogen) atoms. The Morgan fingerprint density at radius 2 is 1.56 bits per heavy atom. The van der Waals surface area contributed by atoms with E-state index in [1.54, 1.807) is 36.4 Å². The Bertz CT molecular complexity index is 830. The maximum absolute atomic E-state index is 12.8. The van der Waals surface area contributed by atoms with Crippen LogP contribution in [0.1, 0.15) is 5.56 Å². The predicted octanol–water partition coefficient (Wildman–Crippen LogP) is 1.93. The summed E-state index contributed by atoms with van der Waals surface area (Å²) in [5.74, 6) is 0. The number of alkyl halides is 3. The Morgan fingerprint density at radius 1 is 0.920 bits per heavy atom. The van der Waals surface area contributed by atoms with Gasteiger partial charge < -0.3 is 4.90 Å². The summed E-state index contributed by atoms with van der Waals surface area (Å²) in [4.78, 5) is 1.09. The molecule has 0 aromatic heterocycles. The molecule has 3 rings (SSSR count). The molecule has 2 aromatic carbocycles. The van der Waals surface area contributed by atoms with E-state index in [1.165, 1.54) is 10.4 Å². The molecule has 2 aromatic rings. The van der Waals surface area contributed by atoms with Crippen LogP contribution < -0.4 is 4.90 Å². The highest BCUT2D eigenvalue weighted by Crippen LogP contribution is 2.30. The van der Waals surface area contributed by atoms with Crippen molar-refractivity contribution < 1.29 is 26.5 Å². The van der Waals surface area contributed by atoms with Crippen molar-refractivity contribution in [2.45, 2.75) is 11.1 Å². The van der Waals surface area contributed by atoms with Gasteiger partial charge in [-0.25, -0.2) is 8.42 Å². The summed E-state index contributed by atoms with van der Waals surface area (Å²) >= 11 is 0. The SMILES string of the molecule is O=S(=O)(c1ccccc1)N1CC[NH+](c2cccc(C(F)(F)F)c2)CC1. The van der Waals surface area contributed by atoms with Gasteiger partial charge in [0.25, 0.3) is 0 Å². The molecule has 0 unspecified atom stereocenters. The summed E-state index contributed by atoms with van der Waals surface area (Å²) in [7, 11) is -3.56. The van der Waals surface area contributed by atoms with Gasteiger partial charge in [0.2, 0.25) is 10.0 Å². The normalized spacial score (nSPS) is 17.6. The molecule has 0 saturated carbocycles. The maximum atomic E-state index is 12.8. The van der Waals surface area contributed by atoms with Crippen LogP contribution in [-0.2, 0) is 16.2 Å². The highest BCUT2D eigenvalue weighted by Gasteiger charge is 2.34. The molecule has 4 nitrogen and oxygen atoms in total. The lowest BCUT2D eigenvalue weighted by atomic mass is 10.1. The zero-order chi connectivity index (χ0) is 18.1. The fraction of sp³-hybridized carbons (Fsp3) is 0.294. The largest absolute Gasteiger partial charge is 0.416 e. The zero-order valence-electron chi connectivity index (χ0n) is 13.3. The molecule has 0 amide bonds. The first-order valence-corrected chi connectivity index (χ1v) is 9.30. The van der Waals surface area contributed by atoms with Crippen LogP contribution in [0.4, 0.5) is 18.9 Å². The van der Waals surface area contributed by atoms with Crippen LogP contribution in [0.25, 0.3) is 0 Å². The standard InChI is InChI=1S/C17H17F3N2O2S/c18-17(19,20)14-5-4-6-15(13-14)21-9-11-22(12-10-21)25(23,24)16-7-2-1-3-8-16/h1-8,13H,9-12H2/p+1. The van der Waals surface area contributed by atoms with E-state index in [-0.39, 0.29) is 18.0 Å². The van der Waals surface area contributed by atoms with E-state index >= 15 is 0 Å². The van der Waals surface area contributed by atoms with Crippen molar-refractivity contribution in [3.63, 3.8) is 0 Å². The smallest absolute Gasteiger partial charge is 0.300 e. The van der Waals surface area contributed by atoms with Crippen LogP contribution >= 0.6 is 0 Å². The molecule has 134 valence electrons. The van der Waals surface area contributed by atoms with Crippen molar-refractivity contribution in [2.24, 2.45) is 0 Å². The lowest BCUT2D eigenvalue weighted by molar-refractivity contribution is -0.837. The van der Waals surface area contributed by atoms with Gasteiger partial charge in [0.1, 0.15) is 5.69 Å². The van der Waals surface area contributed by atoms with Gasteiger partial charge >= 0.3 is 6.18 Å². The molecule has 1 aliphatic rings. The van der Waals surface area contributed by atoms with Crippen LogP contribution in [0.5, 0.6) is 0 Å². The monoisotopic (exact) mass is 371 g/mol. The molecular weight excluding hydrogens is 353 g/mol. The molecule has 0 aliphatic carbocycles. The van der Waals surface area contributed by atoms with Crippen molar-refractivity contribution in [1.29, 1.82) is 0 Å². The summed E-state index contributed by atoms with van der Waals surface area (Å²) in [5.41, 5.74) is -0.150. The highest BCUT2D eigenvalue weighted by molar-refractivity contribution is 7.89. The number of nitrogens with zero attached hydrogens (tertiary/aromatic N) is 1. The van der Waals surface area contributed by atoms with Gasteiger partial charge in [-0.15, -0.1) is 0 Å². The fourth-order valence-electron chi connectivity index (χ4n) is 2.94. The van der Waals surface area contributed by atoms with Gasteiger partial charge in [0, 0.05) is 6.07 Å². The van der Waals surface area contributed by atoms with Crippen LogP contribution in [0.2, 0.25) is 0 Å². The van der Waals surface area contributed by atoms with Crippen molar-refractivity contribution in [3.05, 3.63) is 60.2 Å². The summed E-state index contributed by atoms with van der Waals surface area (Å²) in [6.07, 6.45) is -4.38. The number of halogens is 3. The lowest BCUT2D eigenvalue weighted by Gasteiger charge is -2.31. The molecule has 1 saturated heterocycles. The Labute approximate surface area is 144 Å². The fourth-order valence-corrected chi connectivity index (χ4v) is 4.40. The third kappa shape index (κ3) is 3.86. The maximum Gasteiger partial charge on any atom is 0.416 e. The third-order valence-corrected chi connectivity index (χ3v) is 6.22. The van der Waals surface area contributed by atoms with E-state index in [0.29, 0.717) is 18.8 Å². The van der Waals surface area contributed by atoms with Crippen molar-refractivity contribution in [2.75, 3.05) is 26.2 Å². The van der Waals surface area contributed by atoms with Crippen LogP contribution in [-0.4, -0.2) is 38.9 Å². The molecule has 0 spiro atoms. The number of benzene rings is 2. The quantitative estimate of drug-likeness (QED) is 0.896. The Morgan fingerprint density at radius 3 is 2.16 bits per heavy atom. The first-order valence-electron chi connectivity index (χ1n) is 7.86. The van der Waals surface area contributed by atoms with E-state index in [0.717, 1.165) is 17.0 Å². The van der Waals surface area contributed by atoms with Crippen molar-refractivity contribution in [3.8, 4) is 0 Å². The van der Waals surface area contributed by atoms with Gasteiger partial charge in [-0.05, 0) is 24.3 Å². The van der Waals surface area contributed by atoms with Gasteiger partial charge in [-0.1, -0.05) is 24.3 Å². The van der Waals surface area contributed by atoms with E-state index in [4.69, 9.17) is 0 Å². The Hall–Kier alpha value is -1.90. The first kappa shape index (κ1) is 17.9. The summed E-state index contributed by atoms with van der Waals surface area (Å²) < 4.78 is 65.1. The van der Waals surface area contributed by atoms with Crippen LogP contribution in [0.3, 0.4) is 0 Å². The number of sulfonamides is 1. The first-order chi connectivity index (χ1) is 11.8. The molecule has 1 heterocycles. The van der Waals surface area contributed by atoms with Gasteiger partial charge in [-0.3, -0.25) is 0 Å². The second-order valence-corrected chi connectivity index (χ2v) is 7.84. The number of rotatable bonds is 3. The molecular formula is C17H18F3N2O2S+. The van der Waals surface area contributed by atoms with E-state index in [1.807, 2.05) is 0 Å². The minimum Gasteiger partial charge on any atom is -0.300 e. The molecule has 0 radical (unpaired) electrons. The van der Waals surface area contributed by atoms with E-state index in [9.17, 15) is 21.6 Å². The van der Waals surface area contributed by atoms with E-state index < -0.39 is 21.8 Å². The lowest BCUT2D eigenvalue weighted by Crippen LogP contribution is -3.10. The van der Waals surface area contributed by atoms with Crippen LogP contribution in [0.15, 0.2) is 59.5 Å². The summed E-state index contributed by atoms with van der Waals surface area (Å²) in [6.45, 7) is 1.38. The van der Waals surface area contributed by atoms with Crippen LogP contribution in [0, 0.1) is 0 Å². The third-order valence-electron chi connectivity index (χ3n) is 4.31. The Balaban J connectivity index is 1.72. The zero-order valence-corrected chi connectivity index (χ0v) is 14.1. The topological polar surface area (TPSA) is 41.8 Å². The second kappa shape index (κ2) is 6.78. The predicted molar refractivity (Wildman–Crippen MR) is 87.0 cm³/mol. The van der Waals surface area contributed by atoms with Gasteiger partial charge in [0.05, 0.1) is 36.6 Å². The molecule has 8 heteroatoms. The Kier molecular flexibility index (Phi) is 4.86. The van der Waals surface area contributed by atoms with Crippen molar-refractivity contribution >= 4 is 15.7 Å². The number of hydrogen-bond donors (Lipinski definition) is 1. The van der Waals surface area contributed by atoms with Gasteiger partial charge in [0.15, 0.2) is 0 Å². The molecule has 0 bridgehead atoms. The minimum atomic E-state index is -4.38. The molecule has 1 fully saturated rings. The number of nitrogens with one attached hydrogen (secondary N) is 1. The highest BCUT2D eigenvalue weighted by atomic mass is 32.2. The molecule has 1 N–H and O–H groups in total. The number of quaternary nitrogens is 1. The second-order valence-electron chi connectivity index (χ2n) is 5.90. The summed E-state index contributed by atoms with van der Waals surface area (Å²) in [5, 5.41) is 0. The van der Waals surface area contributed by atoms with Crippen molar-refractivity contribution in [1.82, 2.24) is 4.31 Å².